The zero-order valence-corrected chi connectivity index (χ0v) is 41.5. The normalized spacial score (nSPS) is 16.2. The quantitative estimate of drug-likeness (QED) is 0.0473. The van der Waals surface area contributed by atoms with Gasteiger partial charge in [-0.2, -0.15) is 18.4 Å². The Kier molecular flexibility index (Phi) is 16.8. The van der Waals surface area contributed by atoms with Gasteiger partial charge in [-0.05, 0) is 80.6 Å². The van der Waals surface area contributed by atoms with Gasteiger partial charge in [0.25, 0.3) is 5.91 Å². The Balaban J connectivity index is 0.974. The van der Waals surface area contributed by atoms with Gasteiger partial charge in [0.05, 0.1) is 72.2 Å². The molecule has 6 rings (SSSR count). The second-order valence-corrected chi connectivity index (χ2v) is 19.3. The van der Waals surface area contributed by atoms with E-state index in [2.05, 4.69) is 20.6 Å². The maximum absolute atomic E-state index is 15.5. The van der Waals surface area contributed by atoms with Crippen LogP contribution >= 0.6 is 23.6 Å². The Hall–Kier alpha value is -6.61. The first-order chi connectivity index (χ1) is 33.5. The van der Waals surface area contributed by atoms with Crippen LogP contribution in [0.3, 0.4) is 0 Å². The highest BCUT2D eigenvalue weighted by Crippen LogP contribution is 2.42. The molecule has 23 heteroatoms. The van der Waals surface area contributed by atoms with E-state index in [0.717, 1.165) is 40.9 Å². The number of ether oxygens (including phenoxy) is 4. The Labute approximate surface area is 416 Å². The number of pyridine rings is 1. The number of aromatic nitrogens is 2. The number of nitrogens with zero attached hydrogens (tertiary/aromatic N) is 6. The van der Waals surface area contributed by atoms with Gasteiger partial charge < -0.3 is 39.4 Å². The van der Waals surface area contributed by atoms with Crippen LogP contribution < -0.4 is 25.2 Å². The lowest BCUT2D eigenvalue weighted by molar-refractivity contribution is -0.144. The molecule has 0 bridgehead atoms. The molecule has 378 valence electrons. The number of thiocarbonyl (C=S) groups is 1. The van der Waals surface area contributed by atoms with Gasteiger partial charge in [0.2, 0.25) is 23.6 Å². The van der Waals surface area contributed by atoms with Gasteiger partial charge in [0.1, 0.15) is 42.0 Å². The topological polar surface area (TPSA) is 206 Å². The lowest BCUT2D eigenvalue weighted by atomic mass is 9.85. The number of alkyl halides is 3. The van der Waals surface area contributed by atoms with E-state index in [-0.39, 0.29) is 68.5 Å². The molecule has 2 atom stereocenters. The molecule has 0 spiro atoms. The van der Waals surface area contributed by atoms with Crippen molar-refractivity contribution in [3.8, 4) is 22.4 Å². The summed E-state index contributed by atoms with van der Waals surface area (Å²) >= 11 is 7.06. The second-order valence-electron chi connectivity index (χ2n) is 18.0. The first-order valence-electron chi connectivity index (χ1n) is 22.2. The Morgan fingerprint density at radius 3 is 2.35 bits per heavy atom. The maximum atomic E-state index is 15.5. The average molecular weight is 1030 g/mol. The zero-order valence-electron chi connectivity index (χ0n) is 39.9. The molecule has 2 aromatic heterocycles. The van der Waals surface area contributed by atoms with Crippen molar-refractivity contribution in [2.45, 2.75) is 84.7 Å². The number of halogens is 4. The third-order valence-corrected chi connectivity index (χ3v) is 13.0. The number of aryl methyl sites for hydroxylation is 1. The van der Waals surface area contributed by atoms with E-state index in [1.807, 2.05) is 52.0 Å². The third kappa shape index (κ3) is 12.0. The van der Waals surface area contributed by atoms with Gasteiger partial charge in [-0.3, -0.25) is 24.1 Å². The number of nitriles is 1. The van der Waals surface area contributed by atoms with Gasteiger partial charge in [-0.15, -0.1) is 11.3 Å². The fourth-order valence-corrected chi connectivity index (χ4v) is 9.37. The monoisotopic (exact) mass is 1020 g/mol. The summed E-state index contributed by atoms with van der Waals surface area (Å²) in [5.74, 6) is -5.08. The fraction of sp³-hybridized carbons (Fsp3) is 0.438. The summed E-state index contributed by atoms with van der Waals surface area (Å²) in [6.07, 6.45) is -2.96. The number of hydrogen-bond acceptors (Lipinski definition) is 14. The largest absolute Gasteiger partial charge is 0.475 e. The third-order valence-electron chi connectivity index (χ3n) is 11.7. The van der Waals surface area contributed by atoms with Crippen LogP contribution in [0.15, 0.2) is 54.2 Å². The van der Waals surface area contributed by atoms with Crippen molar-refractivity contribution in [3.05, 3.63) is 87.9 Å². The summed E-state index contributed by atoms with van der Waals surface area (Å²) in [6, 6.07) is 10.4. The molecule has 0 unspecified atom stereocenters. The van der Waals surface area contributed by atoms with Crippen LogP contribution in [0.4, 0.5) is 28.9 Å². The number of esters is 1. The molecular weight excluding hydrogens is 973 g/mol. The van der Waals surface area contributed by atoms with E-state index < -0.39 is 74.7 Å². The standard InChI is InChI=1S/C48H52F4N8O9S2/c1-27-38(71-26-56-27)29-12-10-28(11-13-29)23-54-40(62)34-9-8-16-58(34)42(63)39(46(2,3)4)57-35(61)25-68-18-17-67-19-20-69-41-32(43(64)66-7)21-31(24-55-41)60-45(70)59(44(65)47(60,5)6)33-15-14-30(22-53)36(37(33)49)48(50,51)52/h10-15,21,24,26,34,39H,8-9,16-20,23,25H2,1-7H3,(H,54,62)(H,57,61)/t34-,39+/m0/s1. The molecule has 4 heterocycles. The Morgan fingerprint density at radius 1 is 1.03 bits per heavy atom. The van der Waals surface area contributed by atoms with E-state index in [1.54, 1.807) is 16.8 Å². The smallest absolute Gasteiger partial charge is 0.420 e. The maximum Gasteiger partial charge on any atom is 0.420 e. The second kappa shape index (κ2) is 22.2. The highest BCUT2D eigenvalue weighted by Gasteiger charge is 2.52. The number of anilines is 2. The molecule has 2 fully saturated rings. The number of nitrogens with one attached hydrogen (secondary N) is 2. The fourth-order valence-electron chi connectivity index (χ4n) is 8.05. The van der Waals surface area contributed by atoms with E-state index in [0.29, 0.717) is 24.3 Å². The molecule has 0 radical (unpaired) electrons. The number of amides is 4. The van der Waals surface area contributed by atoms with E-state index in [4.69, 9.17) is 31.2 Å². The number of carbonyl (C=O) groups is 5. The predicted octanol–water partition coefficient (Wildman–Crippen LogP) is 6.50. The minimum Gasteiger partial charge on any atom is -0.475 e. The summed E-state index contributed by atoms with van der Waals surface area (Å²) in [5.41, 5.74) is -1.51. The van der Waals surface area contributed by atoms with Crippen LogP contribution in [0.25, 0.3) is 10.4 Å². The zero-order chi connectivity index (χ0) is 52.0. The number of carbonyl (C=O) groups excluding carboxylic acids is 5. The van der Waals surface area contributed by atoms with Crippen molar-refractivity contribution in [1.29, 1.82) is 5.26 Å². The average Bonchev–Trinajstić information content (AvgIpc) is 4.03. The van der Waals surface area contributed by atoms with Gasteiger partial charge in [-0.1, -0.05) is 45.0 Å². The number of benzene rings is 2. The number of hydrogen-bond donors (Lipinski definition) is 2. The molecule has 4 aromatic rings. The van der Waals surface area contributed by atoms with Crippen molar-refractivity contribution < 1.29 is 60.5 Å². The van der Waals surface area contributed by atoms with Gasteiger partial charge >= 0.3 is 12.1 Å². The van der Waals surface area contributed by atoms with Crippen molar-refractivity contribution in [2.75, 3.05) is 56.5 Å². The summed E-state index contributed by atoms with van der Waals surface area (Å²) in [7, 11) is 1.10. The number of methoxy groups -OCH3 is 1. The summed E-state index contributed by atoms with van der Waals surface area (Å²) in [4.78, 5) is 79.9. The molecule has 0 aliphatic carbocycles. The van der Waals surface area contributed by atoms with Gasteiger partial charge in [-0.25, -0.2) is 19.2 Å². The SMILES string of the molecule is COC(=O)c1cc(N2C(=S)N(c3ccc(C#N)c(C(F)(F)F)c3F)C(=O)C2(C)C)cnc1OCCOCCOCC(=O)N[C@H](C(=O)N1CCC[C@H]1C(=O)NCc1ccc(-c2scnc2C)cc1)C(C)(C)C. The van der Waals surface area contributed by atoms with Gasteiger partial charge in [0, 0.05) is 13.1 Å². The summed E-state index contributed by atoms with van der Waals surface area (Å²) in [6.45, 7) is 10.3. The molecule has 2 aliphatic heterocycles. The molecule has 17 nitrogen and oxygen atoms in total. The Morgan fingerprint density at radius 2 is 1.72 bits per heavy atom. The molecular formula is C48H52F4N8O9S2. The van der Waals surface area contributed by atoms with Crippen LogP contribution in [-0.4, -0.2) is 114 Å². The Bertz CT molecular complexity index is 2720. The van der Waals surface area contributed by atoms with Crippen molar-refractivity contribution >= 4 is 69.6 Å². The first kappa shape index (κ1) is 53.7. The number of thiazole rings is 1. The lowest BCUT2D eigenvalue weighted by Gasteiger charge is -2.35. The van der Waals surface area contributed by atoms with Crippen LogP contribution in [-0.2, 0) is 46.1 Å². The predicted molar refractivity (Wildman–Crippen MR) is 256 cm³/mol. The van der Waals surface area contributed by atoms with E-state index in [1.165, 1.54) is 42.0 Å². The van der Waals surface area contributed by atoms with Crippen LogP contribution in [0.1, 0.15) is 80.2 Å². The molecule has 2 aromatic carbocycles. The van der Waals surface area contributed by atoms with Gasteiger partial charge in [0.15, 0.2) is 10.9 Å². The van der Waals surface area contributed by atoms with Crippen LogP contribution in [0.5, 0.6) is 5.88 Å². The van der Waals surface area contributed by atoms with Crippen molar-refractivity contribution in [1.82, 2.24) is 25.5 Å². The molecule has 71 heavy (non-hydrogen) atoms. The summed E-state index contributed by atoms with van der Waals surface area (Å²) in [5, 5.41) is 14.5. The van der Waals surface area contributed by atoms with Crippen LogP contribution in [0, 0.1) is 29.5 Å². The molecule has 0 saturated carbocycles. The van der Waals surface area contributed by atoms with E-state index >= 15 is 4.39 Å². The minimum absolute atomic E-state index is 0.0177. The van der Waals surface area contributed by atoms with E-state index in [9.17, 15) is 42.4 Å². The number of rotatable bonds is 18. The highest BCUT2D eigenvalue weighted by atomic mass is 32.1. The molecule has 2 saturated heterocycles. The highest BCUT2D eigenvalue weighted by molar-refractivity contribution is 7.81. The van der Waals surface area contributed by atoms with Crippen LogP contribution in [0.2, 0.25) is 0 Å². The summed E-state index contributed by atoms with van der Waals surface area (Å²) < 4.78 is 78.7. The number of likely N-dealkylation sites (tertiary alicyclic amines) is 1. The lowest BCUT2D eigenvalue weighted by Crippen LogP contribution is -2.58. The molecule has 2 aliphatic rings. The minimum atomic E-state index is -5.27. The molecule has 2 N–H and O–H groups in total. The first-order valence-corrected chi connectivity index (χ1v) is 23.5. The van der Waals surface area contributed by atoms with Crippen molar-refractivity contribution in [2.24, 2.45) is 5.41 Å². The van der Waals surface area contributed by atoms with Crippen molar-refractivity contribution in [3.63, 3.8) is 0 Å². The molecule has 4 amide bonds.